The number of benzene rings is 1. The van der Waals surface area contributed by atoms with Gasteiger partial charge in [0.1, 0.15) is 6.54 Å². The summed E-state index contributed by atoms with van der Waals surface area (Å²) in [5, 5.41) is 4.06. The van der Waals surface area contributed by atoms with Crippen LogP contribution in [0.25, 0.3) is 6.08 Å². The molecule has 2 amide bonds. The number of amides is 2. The van der Waals surface area contributed by atoms with Gasteiger partial charge in [-0.15, -0.1) is 11.8 Å². The second-order valence-corrected chi connectivity index (χ2v) is 9.95. The molecule has 1 N–H and O–H groups in total. The van der Waals surface area contributed by atoms with Crippen molar-refractivity contribution in [2.75, 3.05) is 32.7 Å². The van der Waals surface area contributed by atoms with Crippen LogP contribution in [-0.4, -0.2) is 65.6 Å². The van der Waals surface area contributed by atoms with Crippen LogP contribution in [0.1, 0.15) is 51.5 Å². The molecule has 0 spiro atoms. The summed E-state index contributed by atoms with van der Waals surface area (Å²) in [5.74, 6) is -0.0867. The Morgan fingerprint density at radius 2 is 1.94 bits per heavy atom. The monoisotopic (exact) mass is 463 g/mol. The van der Waals surface area contributed by atoms with E-state index in [0.717, 1.165) is 55.8 Å². The lowest BCUT2D eigenvalue weighted by molar-refractivity contribution is -0.135. The summed E-state index contributed by atoms with van der Waals surface area (Å²) < 4.78 is 0. The quantitative estimate of drug-likeness (QED) is 0.435. The first-order chi connectivity index (χ1) is 15.0. The Kier molecular flexibility index (Phi) is 9.30. The van der Waals surface area contributed by atoms with Crippen LogP contribution < -0.4 is 5.32 Å². The van der Waals surface area contributed by atoms with Crippen molar-refractivity contribution >= 4 is 41.3 Å². The highest BCUT2D eigenvalue weighted by atomic mass is 35.5. The zero-order valence-corrected chi connectivity index (χ0v) is 20.2. The Bertz CT molecular complexity index is 780. The van der Waals surface area contributed by atoms with Crippen LogP contribution in [0, 0.1) is 0 Å². The lowest BCUT2D eigenvalue weighted by atomic mass is 9.93. The van der Waals surface area contributed by atoms with Gasteiger partial charge >= 0.3 is 0 Å². The van der Waals surface area contributed by atoms with E-state index in [-0.39, 0.29) is 24.4 Å². The molecule has 31 heavy (non-hydrogen) atoms. The van der Waals surface area contributed by atoms with Gasteiger partial charge in [-0.25, -0.2) is 0 Å². The second-order valence-electron chi connectivity index (χ2n) is 8.23. The Morgan fingerprint density at radius 1 is 1.23 bits per heavy atom. The Labute approximate surface area is 195 Å². The Hall–Kier alpha value is -1.50. The van der Waals surface area contributed by atoms with E-state index in [9.17, 15) is 9.59 Å². The number of nitrogens with one attached hydrogen (secondary N) is 1. The molecule has 1 saturated carbocycles. The summed E-state index contributed by atoms with van der Waals surface area (Å²) in [6, 6.07) is 7.65. The van der Waals surface area contributed by atoms with E-state index in [1.165, 1.54) is 6.42 Å². The van der Waals surface area contributed by atoms with Crippen LogP contribution in [-0.2, 0) is 9.59 Å². The lowest BCUT2D eigenvalue weighted by Crippen LogP contribution is -2.54. The number of carbonyl (C=O) groups is 2. The van der Waals surface area contributed by atoms with E-state index in [1.807, 2.05) is 35.2 Å². The van der Waals surface area contributed by atoms with Gasteiger partial charge in [0.05, 0.1) is 4.91 Å². The van der Waals surface area contributed by atoms with Crippen LogP contribution in [0.2, 0.25) is 5.02 Å². The molecule has 0 bridgehead atoms. The predicted molar refractivity (Wildman–Crippen MR) is 130 cm³/mol. The van der Waals surface area contributed by atoms with Crippen molar-refractivity contribution in [2.45, 2.75) is 57.2 Å². The van der Waals surface area contributed by atoms with E-state index in [0.29, 0.717) is 16.8 Å². The zero-order valence-electron chi connectivity index (χ0n) is 18.6. The molecule has 7 heteroatoms. The summed E-state index contributed by atoms with van der Waals surface area (Å²) in [4.78, 5) is 30.9. The predicted octanol–water partition coefficient (Wildman–Crippen LogP) is 4.42. The fourth-order valence-electron chi connectivity index (χ4n) is 4.35. The number of hydrogen-bond acceptors (Lipinski definition) is 4. The number of fused-ring (bicyclic) bond motifs is 1. The fourth-order valence-corrected chi connectivity index (χ4v) is 5.95. The second kappa shape index (κ2) is 11.9. The maximum atomic E-state index is 13.3. The lowest BCUT2D eigenvalue weighted by Gasteiger charge is -2.43. The van der Waals surface area contributed by atoms with E-state index < -0.39 is 0 Å². The van der Waals surface area contributed by atoms with Gasteiger partial charge in [0.15, 0.2) is 0 Å². The van der Waals surface area contributed by atoms with Crippen LogP contribution >= 0.6 is 23.4 Å². The number of thioether (sulfide) groups is 1. The summed E-state index contributed by atoms with van der Waals surface area (Å²) in [7, 11) is 0. The van der Waals surface area contributed by atoms with Crippen LogP contribution in [0.4, 0.5) is 0 Å². The first-order valence-corrected chi connectivity index (χ1v) is 12.7. The van der Waals surface area contributed by atoms with Crippen molar-refractivity contribution in [3.63, 3.8) is 0 Å². The van der Waals surface area contributed by atoms with Gasteiger partial charge in [-0.2, -0.15) is 0 Å². The number of rotatable bonds is 9. The van der Waals surface area contributed by atoms with Crippen LogP contribution in [0.5, 0.6) is 0 Å². The molecule has 2 unspecified atom stereocenters. The molecule has 2 fully saturated rings. The van der Waals surface area contributed by atoms with Gasteiger partial charge in [-0.05, 0) is 62.7 Å². The molecule has 2 aliphatic rings. The molecular weight excluding hydrogens is 430 g/mol. The zero-order chi connectivity index (χ0) is 22.2. The van der Waals surface area contributed by atoms with Gasteiger partial charge in [-0.1, -0.05) is 50.4 Å². The smallest absolute Gasteiger partial charge is 0.261 e. The molecule has 0 aromatic heterocycles. The third-order valence-electron chi connectivity index (χ3n) is 6.17. The van der Waals surface area contributed by atoms with Gasteiger partial charge in [0.2, 0.25) is 5.91 Å². The molecule has 2 atom stereocenters. The number of halogens is 1. The normalized spacial score (nSPS) is 22.6. The highest BCUT2D eigenvalue weighted by Gasteiger charge is 2.41. The minimum atomic E-state index is -0.0602. The summed E-state index contributed by atoms with van der Waals surface area (Å²) in [5.41, 5.74) is 0.954. The SMILES string of the molecule is CCN(CC)CCCNC(=O)CN1C(=O)/C(=C\c2ccc(Cl)cc2)SC2CCCCC21. The van der Waals surface area contributed by atoms with Crippen LogP contribution in [0.15, 0.2) is 29.2 Å². The molecule has 1 aromatic carbocycles. The van der Waals surface area contributed by atoms with Crippen molar-refractivity contribution in [3.05, 3.63) is 39.8 Å². The first-order valence-electron chi connectivity index (χ1n) is 11.5. The number of hydrogen-bond donors (Lipinski definition) is 1. The molecule has 1 heterocycles. The molecule has 1 saturated heterocycles. The highest BCUT2D eigenvalue weighted by Crippen LogP contribution is 2.42. The summed E-state index contributed by atoms with van der Waals surface area (Å²) >= 11 is 7.68. The molecule has 1 aromatic rings. The average molecular weight is 464 g/mol. The summed E-state index contributed by atoms with van der Waals surface area (Å²) in [6.07, 6.45) is 7.22. The molecule has 170 valence electrons. The van der Waals surface area contributed by atoms with Crippen molar-refractivity contribution < 1.29 is 9.59 Å². The van der Waals surface area contributed by atoms with Crippen molar-refractivity contribution in [1.29, 1.82) is 0 Å². The topological polar surface area (TPSA) is 52.7 Å². The maximum Gasteiger partial charge on any atom is 0.261 e. The largest absolute Gasteiger partial charge is 0.355 e. The van der Waals surface area contributed by atoms with E-state index in [1.54, 1.807) is 11.8 Å². The molecule has 3 rings (SSSR count). The third kappa shape index (κ3) is 6.74. The van der Waals surface area contributed by atoms with E-state index in [4.69, 9.17) is 11.6 Å². The first kappa shape index (κ1) is 24.1. The number of carbonyl (C=O) groups excluding carboxylic acids is 2. The molecule has 1 aliphatic heterocycles. The Morgan fingerprint density at radius 3 is 2.65 bits per heavy atom. The van der Waals surface area contributed by atoms with Gasteiger partial charge in [0.25, 0.3) is 5.91 Å². The molecule has 0 radical (unpaired) electrons. The van der Waals surface area contributed by atoms with Crippen molar-refractivity contribution in [2.24, 2.45) is 0 Å². The van der Waals surface area contributed by atoms with Crippen LogP contribution in [0.3, 0.4) is 0 Å². The molecule has 5 nitrogen and oxygen atoms in total. The van der Waals surface area contributed by atoms with Gasteiger partial charge in [-0.3, -0.25) is 9.59 Å². The number of nitrogens with zero attached hydrogens (tertiary/aromatic N) is 2. The van der Waals surface area contributed by atoms with E-state index in [2.05, 4.69) is 24.1 Å². The summed E-state index contributed by atoms with van der Waals surface area (Å²) in [6.45, 7) is 8.12. The van der Waals surface area contributed by atoms with Crippen molar-refractivity contribution in [1.82, 2.24) is 15.1 Å². The minimum Gasteiger partial charge on any atom is -0.355 e. The minimum absolute atomic E-state index is 0.0265. The van der Waals surface area contributed by atoms with E-state index >= 15 is 0 Å². The molecule has 1 aliphatic carbocycles. The Balaban J connectivity index is 1.64. The van der Waals surface area contributed by atoms with Gasteiger partial charge < -0.3 is 15.1 Å². The maximum absolute atomic E-state index is 13.3. The standard InChI is InChI=1S/C24H34ClN3O2S/c1-3-27(4-2)15-7-14-26-23(29)17-28-20-8-5-6-9-21(20)31-22(24(28)30)16-18-10-12-19(25)13-11-18/h10-13,16,20-21H,3-9,14-15,17H2,1-2H3,(H,26,29)/b22-16+. The highest BCUT2D eigenvalue weighted by molar-refractivity contribution is 8.04. The van der Waals surface area contributed by atoms with Crippen molar-refractivity contribution in [3.8, 4) is 0 Å². The average Bonchev–Trinajstić information content (AvgIpc) is 2.78. The third-order valence-corrected chi connectivity index (χ3v) is 7.82. The molecular formula is C24H34ClN3O2S. The van der Waals surface area contributed by atoms with Gasteiger partial charge in [0, 0.05) is 22.9 Å². The fraction of sp³-hybridized carbons (Fsp3) is 0.583.